The lowest BCUT2D eigenvalue weighted by Gasteiger charge is -1.98. The van der Waals surface area contributed by atoms with Crippen LogP contribution in [0.4, 0.5) is 0 Å². The summed E-state index contributed by atoms with van der Waals surface area (Å²) in [5, 5.41) is 0. The highest BCUT2D eigenvalue weighted by molar-refractivity contribution is 9.12. The third-order valence-electron chi connectivity index (χ3n) is 0.826. The minimum Gasteiger partial charge on any atom is -0.268 e. The molecule has 3 nitrogen and oxygen atoms in total. The lowest BCUT2D eigenvalue weighted by Crippen LogP contribution is -2.18. The minimum absolute atomic E-state index is 0.282. The molecule has 0 radical (unpaired) electrons. The molecular weight excluding hydrogens is 254 g/mol. The van der Waals surface area contributed by atoms with Crippen LogP contribution in [-0.4, -0.2) is 15.7 Å². The van der Waals surface area contributed by atoms with Gasteiger partial charge in [-0.1, -0.05) is 0 Å². The van der Waals surface area contributed by atoms with Crippen molar-refractivity contribution >= 4 is 43.9 Å². The van der Waals surface area contributed by atoms with Gasteiger partial charge < -0.3 is 0 Å². The summed E-state index contributed by atoms with van der Waals surface area (Å²) in [6, 6.07) is 0. The maximum Gasteiger partial charge on any atom is 0.278 e. The molecule has 1 aliphatic heterocycles. The summed E-state index contributed by atoms with van der Waals surface area (Å²) < 4.78 is 1.14. The molecular formula is C4HBr2NO2. The Morgan fingerprint density at radius 1 is 1.44 bits per heavy atom. The molecule has 0 saturated carbocycles. The number of imide groups is 1. The Balaban J connectivity index is 2.95. The van der Waals surface area contributed by atoms with Gasteiger partial charge in [0.2, 0.25) is 0 Å². The molecule has 0 bridgehead atoms. The van der Waals surface area contributed by atoms with Crippen molar-refractivity contribution in [3.05, 3.63) is 10.6 Å². The van der Waals surface area contributed by atoms with Crippen molar-refractivity contribution in [1.29, 1.82) is 0 Å². The van der Waals surface area contributed by atoms with Gasteiger partial charge in [-0.05, 0) is 15.9 Å². The Kier molecular flexibility index (Phi) is 1.72. The largest absolute Gasteiger partial charge is 0.278 e. The molecule has 0 aromatic rings. The van der Waals surface area contributed by atoms with Crippen LogP contribution in [0.2, 0.25) is 0 Å². The van der Waals surface area contributed by atoms with Crippen LogP contribution in [0.25, 0.3) is 0 Å². The first kappa shape index (κ1) is 6.95. The van der Waals surface area contributed by atoms with E-state index in [1.165, 1.54) is 6.08 Å². The Morgan fingerprint density at radius 2 is 2.00 bits per heavy atom. The zero-order chi connectivity index (χ0) is 7.02. The van der Waals surface area contributed by atoms with E-state index in [0.717, 1.165) is 3.93 Å². The van der Waals surface area contributed by atoms with Crippen molar-refractivity contribution < 1.29 is 9.59 Å². The summed E-state index contributed by atoms with van der Waals surface area (Å²) in [7, 11) is 0. The van der Waals surface area contributed by atoms with E-state index in [1.807, 2.05) is 0 Å². The minimum atomic E-state index is -0.361. The summed E-state index contributed by atoms with van der Waals surface area (Å²) in [5.41, 5.74) is 0. The number of carbonyl (C=O) groups is 2. The molecule has 0 fully saturated rings. The molecule has 48 valence electrons. The average Bonchev–Trinajstić information content (AvgIpc) is 1.98. The Labute approximate surface area is 68.2 Å². The molecule has 1 heterocycles. The normalized spacial score (nSPS) is 18.9. The fourth-order valence-electron chi connectivity index (χ4n) is 0.421. The van der Waals surface area contributed by atoms with E-state index in [2.05, 4.69) is 32.1 Å². The first-order valence-electron chi connectivity index (χ1n) is 2.04. The smallest absolute Gasteiger partial charge is 0.268 e. The molecule has 0 aromatic carbocycles. The highest BCUT2D eigenvalue weighted by Gasteiger charge is 2.27. The third kappa shape index (κ3) is 1.07. The van der Waals surface area contributed by atoms with Crippen molar-refractivity contribution in [1.82, 2.24) is 3.93 Å². The van der Waals surface area contributed by atoms with Gasteiger partial charge in [0.15, 0.2) is 0 Å². The Hall–Kier alpha value is -0.160. The molecule has 1 rings (SSSR count). The van der Waals surface area contributed by atoms with Crippen LogP contribution in [0.1, 0.15) is 0 Å². The topological polar surface area (TPSA) is 37.4 Å². The molecule has 0 N–H and O–H groups in total. The quantitative estimate of drug-likeness (QED) is 0.477. The van der Waals surface area contributed by atoms with Crippen LogP contribution >= 0.6 is 32.1 Å². The van der Waals surface area contributed by atoms with E-state index in [9.17, 15) is 9.59 Å². The van der Waals surface area contributed by atoms with Crippen LogP contribution < -0.4 is 0 Å². The first-order chi connectivity index (χ1) is 4.13. The summed E-state index contributed by atoms with van der Waals surface area (Å²) in [6.07, 6.45) is 1.21. The first-order valence-corrected chi connectivity index (χ1v) is 3.54. The fraction of sp³-hybridized carbons (Fsp3) is 0. The molecule has 9 heavy (non-hydrogen) atoms. The SMILES string of the molecule is O=C1C=C(Br)C(=O)N1Br. The molecule has 0 unspecified atom stereocenters. The van der Waals surface area contributed by atoms with E-state index in [0.29, 0.717) is 0 Å². The number of halogens is 2. The van der Waals surface area contributed by atoms with Gasteiger partial charge >= 0.3 is 0 Å². The van der Waals surface area contributed by atoms with E-state index in [1.54, 1.807) is 0 Å². The maximum atomic E-state index is 10.7. The van der Waals surface area contributed by atoms with Crippen LogP contribution in [0.5, 0.6) is 0 Å². The number of hydrogen-bond donors (Lipinski definition) is 0. The third-order valence-corrected chi connectivity index (χ3v) is 2.07. The molecule has 2 amide bonds. The van der Waals surface area contributed by atoms with Gasteiger partial charge in [0.25, 0.3) is 11.8 Å². The van der Waals surface area contributed by atoms with E-state index < -0.39 is 0 Å². The number of rotatable bonds is 0. The van der Waals surface area contributed by atoms with Crippen LogP contribution in [0.3, 0.4) is 0 Å². The van der Waals surface area contributed by atoms with Gasteiger partial charge in [0, 0.05) is 6.08 Å². The van der Waals surface area contributed by atoms with Crippen LogP contribution in [-0.2, 0) is 9.59 Å². The molecule has 0 aliphatic carbocycles. The van der Waals surface area contributed by atoms with Gasteiger partial charge in [0.05, 0.1) is 20.6 Å². The van der Waals surface area contributed by atoms with Crippen LogP contribution in [0, 0.1) is 0 Å². The van der Waals surface area contributed by atoms with Crippen molar-refractivity contribution in [3.8, 4) is 0 Å². The standard InChI is InChI=1S/C4HBr2NO2/c5-2-1-3(8)7(6)4(2)9/h1H. The van der Waals surface area contributed by atoms with Gasteiger partial charge in [-0.3, -0.25) is 9.59 Å². The predicted molar refractivity (Wildman–Crippen MR) is 37.8 cm³/mol. The fourth-order valence-corrected chi connectivity index (χ4v) is 1.33. The van der Waals surface area contributed by atoms with Crippen molar-refractivity contribution in [2.24, 2.45) is 0 Å². The zero-order valence-electron chi connectivity index (χ0n) is 4.10. The van der Waals surface area contributed by atoms with Gasteiger partial charge in [0.1, 0.15) is 0 Å². The number of amides is 2. The van der Waals surface area contributed by atoms with Gasteiger partial charge in [-0.2, -0.15) is 0 Å². The molecule has 0 saturated heterocycles. The second kappa shape index (κ2) is 2.22. The number of hydrogen-bond acceptors (Lipinski definition) is 2. The molecule has 1 aliphatic rings. The highest BCUT2D eigenvalue weighted by Crippen LogP contribution is 2.20. The molecule has 0 atom stereocenters. The van der Waals surface area contributed by atoms with E-state index >= 15 is 0 Å². The summed E-state index contributed by atoms with van der Waals surface area (Å²) in [6.45, 7) is 0. The van der Waals surface area contributed by atoms with Crippen LogP contribution in [0.15, 0.2) is 10.6 Å². The Bertz CT molecular complexity index is 211. The molecule has 5 heteroatoms. The van der Waals surface area contributed by atoms with Crippen molar-refractivity contribution in [2.75, 3.05) is 0 Å². The Morgan fingerprint density at radius 3 is 2.11 bits per heavy atom. The second-order valence-corrected chi connectivity index (χ2v) is 2.98. The van der Waals surface area contributed by atoms with Gasteiger partial charge in [-0.25, -0.2) is 3.93 Å². The highest BCUT2D eigenvalue weighted by atomic mass is 79.9. The number of carbonyl (C=O) groups excluding carboxylic acids is 2. The molecule has 0 aromatic heterocycles. The maximum absolute atomic E-state index is 10.7. The summed E-state index contributed by atoms with van der Waals surface area (Å²) in [4.78, 5) is 21.2. The predicted octanol–water partition coefficient (Wildman–Crippen LogP) is 0.944. The summed E-state index contributed by atoms with van der Waals surface area (Å²) >= 11 is 5.67. The number of nitrogens with zero attached hydrogens (tertiary/aromatic N) is 1. The van der Waals surface area contributed by atoms with E-state index in [-0.39, 0.29) is 16.3 Å². The van der Waals surface area contributed by atoms with Crippen molar-refractivity contribution in [3.63, 3.8) is 0 Å². The van der Waals surface area contributed by atoms with Crippen molar-refractivity contribution in [2.45, 2.75) is 0 Å². The lowest BCUT2D eigenvalue weighted by molar-refractivity contribution is -0.129. The van der Waals surface area contributed by atoms with E-state index in [4.69, 9.17) is 0 Å². The zero-order valence-corrected chi connectivity index (χ0v) is 7.27. The second-order valence-electron chi connectivity index (χ2n) is 1.42. The average molecular weight is 255 g/mol. The van der Waals surface area contributed by atoms with Gasteiger partial charge in [-0.15, -0.1) is 0 Å². The monoisotopic (exact) mass is 253 g/mol. The molecule has 0 spiro atoms. The lowest BCUT2D eigenvalue weighted by atomic mass is 10.6. The summed E-state index contributed by atoms with van der Waals surface area (Å²) in [5.74, 6) is -0.716.